The topological polar surface area (TPSA) is 78.3 Å². The van der Waals surface area contributed by atoms with Crippen molar-refractivity contribution in [2.24, 2.45) is 11.3 Å². The number of carbonyl (C=O) groups is 1. The van der Waals surface area contributed by atoms with Gasteiger partial charge in [-0.1, -0.05) is 31.8 Å². The van der Waals surface area contributed by atoms with E-state index < -0.39 is 13.7 Å². The molecule has 3 heterocycles. The number of hydrogen-bond donors (Lipinski definition) is 0. The van der Waals surface area contributed by atoms with Crippen LogP contribution in [-0.4, -0.2) is 92.0 Å². The molecule has 9 rings (SSSR count). The first-order valence-corrected chi connectivity index (χ1v) is 21.0. The van der Waals surface area contributed by atoms with Gasteiger partial charge >= 0.3 is 0 Å². The molecule has 1 aromatic carbocycles. The first-order chi connectivity index (χ1) is 22.1. The second kappa shape index (κ2) is 10.7. The van der Waals surface area contributed by atoms with Crippen molar-refractivity contribution in [2.45, 2.75) is 101 Å². The van der Waals surface area contributed by atoms with Crippen molar-refractivity contribution in [3.63, 3.8) is 0 Å². The van der Waals surface area contributed by atoms with Crippen LogP contribution in [0.3, 0.4) is 0 Å². The second-order valence-corrected chi connectivity index (χ2v) is 21.6. The fraction of sp³-hybridized carbons (Fsp3) is 0.667. The van der Waals surface area contributed by atoms with E-state index >= 15 is 0 Å². The van der Waals surface area contributed by atoms with Gasteiger partial charge in [0.15, 0.2) is 11.5 Å². The number of aromatic nitrogens is 2. The van der Waals surface area contributed by atoms with Gasteiger partial charge in [-0.3, -0.25) is 9.69 Å². The van der Waals surface area contributed by atoms with Crippen LogP contribution < -0.4 is 9.47 Å². The van der Waals surface area contributed by atoms with E-state index in [2.05, 4.69) is 47.7 Å². The fourth-order valence-corrected chi connectivity index (χ4v) is 10.6. The highest BCUT2D eigenvalue weighted by Crippen LogP contribution is 2.75. The van der Waals surface area contributed by atoms with Crippen molar-refractivity contribution in [1.29, 1.82) is 0 Å². The SMILES string of the molecule is COc1ccc2c3c1O[C@@H]1[C@]34CCN(CC3CC3)[C@H](C2)[C@@]42C=C(C(=O)N(C)Cc3nccn3COCC[Si](C)(C)C)[C@]1(OC)CC2. The number of hydrogen-bond acceptors (Lipinski definition) is 7. The third-order valence-corrected chi connectivity index (χ3v) is 14.1. The van der Waals surface area contributed by atoms with Crippen molar-refractivity contribution in [3.05, 3.63) is 53.1 Å². The Balaban J connectivity index is 1.15. The molecule has 3 fully saturated rings. The molecule has 7 aliphatic rings. The molecule has 9 nitrogen and oxygen atoms in total. The quantitative estimate of drug-likeness (QED) is 0.237. The second-order valence-electron chi connectivity index (χ2n) is 16.0. The van der Waals surface area contributed by atoms with Gasteiger partial charge in [-0.05, 0) is 68.7 Å². The Morgan fingerprint density at radius 1 is 1.17 bits per heavy atom. The Labute approximate surface area is 274 Å². The van der Waals surface area contributed by atoms with Crippen LogP contribution in [-0.2, 0) is 39.4 Å². The summed E-state index contributed by atoms with van der Waals surface area (Å²) >= 11 is 0. The van der Waals surface area contributed by atoms with Crippen LogP contribution >= 0.6 is 0 Å². The Morgan fingerprint density at radius 2 is 2.00 bits per heavy atom. The van der Waals surface area contributed by atoms with Gasteiger partial charge in [-0.2, -0.15) is 0 Å². The summed E-state index contributed by atoms with van der Waals surface area (Å²) in [6.07, 6.45) is 12.2. The van der Waals surface area contributed by atoms with Gasteiger partial charge in [0.2, 0.25) is 0 Å². The van der Waals surface area contributed by atoms with Crippen molar-refractivity contribution in [2.75, 3.05) is 41.0 Å². The molecule has 10 heteroatoms. The lowest BCUT2D eigenvalue weighted by Crippen LogP contribution is -2.78. The predicted octanol–water partition coefficient (Wildman–Crippen LogP) is 5.01. The Bertz CT molecular complexity index is 1580. The first-order valence-electron chi connectivity index (χ1n) is 17.3. The lowest BCUT2D eigenvalue weighted by atomic mass is 9.37. The average Bonchev–Trinajstić information content (AvgIpc) is 3.62. The van der Waals surface area contributed by atoms with Gasteiger partial charge in [0, 0.05) is 70.4 Å². The highest BCUT2D eigenvalue weighted by Gasteiger charge is 2.79. The molecule has 2 spiro atoms. The van der Waals surface area contributed by atoms with Crippen LogP contribution in [0.5, 0.6) is 11.5 Å². The zero-order valence-corrected chi connectivity index (χ0v) is 29.4. The normalized spacial score (nSPS) is 32.2. The number of ether oxygens (including phenoxy) is 4. The van der Waals surface area contributed by atoms with Crippen LogP contribution in [0.2, 0.25) is 25.7 Å². The number of likely N-dealkylation sites (N-methyl/N-ethyl adjacent to an activating group) is 1. The van der Waals surface area contributed by atoms with Crippen molar-refractivity contribution in [3.8, 4) is 11.5 Å². The van der Waals surface area contributed by atoms with E-state index in [1.165, 1.54) is 24.0 Å². The largest absolute Gasteiger partial charge is 0.493 e. The van der Waals surface area contributed by atoms with Crippen molar-refractivity contribution in [1.82, 2.24) is 19.4 Å². The fourth-order valence-electron chi connectivity index (χ4n) is 9.89. The third kappa shape index (κ3) is 4.28. The summed E-state index contributed by atoms with van der Waals surface area (Å²) in [4.78, 5) is 23.9. The van der Waals surface area contributed by atoms with Crippen molar-refractivity contribution < 1.29 is 23.7 Å². The molecular formula is C36H50N4O5Si. The summed E-state index contributed by atoms with van der Waals surface area (Å²) in [5.74, 6) is 3.27. The number of likely N-dealkylation sites (tertiary alicyclic amines) is 1. The maximum absolute atomic E-state index is 14.7. The number of benzene rings is 1. The molecule has 4 bridgehead atoms. The molecule has 1 saturated heterocycles. The molecule has 0 radical (unpaired) electrons. The van der Waals surface area contributed by atoms with Crippen LogP contribution in [0.15, 0.2) is 36.2 Å². The highest BCUT2D eigenvalue weighted by atomic mass is 28.3. The minimum absolute atomic E-state index is 0.00545. The minimum Gasteiger partial charge on any atom is -0.493 e. The third-order valence-electron chi connectivity index (χ3n) is 12.4. The van der Waals surface area contributed by atoms with Gasteiger partial charge in [0.1, 0.15) is 24.3 Å². The molecule has 2 aromatic rings. The number of nitrogens with zero attached hydrogens (tertiary/aromatic N) is 4. The van der Waals surface area contributed by atoms with E-state index in [0.29, 0.717) is 19.3 Å². The summed E-state index contributed by atoms with van der Waals surface area (Å²) in [6, 6.07) is 5.79. The predicted molar refractivity (Wildman–Crippen MR) is 178 cm³/mol. The molecule has 0 unspecified atom stereocenters. The molecule has 1 aromatic heterocycles. The molecule has 0 N–H and O–H groups in total. The standard InChI is InChI=1S/C36H50N4O5Si/c1-38(22-29-37-14-16-40(29)23-44-17-18-46(4,5)6)32(41)26-20-34-11-12-36(26,43-3)33-35(34)13-15-39(21-24-7-8-24)28(34)19-25-9-10-27(42-2)31(45-33)30(25)35/h9-10,14,16,20,24,28,33H,7-8,11-13,15,17-19,21-23H2,1-6H3/t28-,33-,34-,35+,36-/m1/s1. The van der Waals surface area contributed by atoms with Gasteiger partial charge < -0.3 is 28.4 Å². The van der Waals surface area contributed by atoms with E-state index in [9.17, 15) is 4.79 Å². The Kier molecular flexibility index (Phi) is 7.11. The highest BCUT2D eigenvalue weighted by molar-refractivity contribution is 6.76. The molecule has 46 heavy (non-hydrogen) atoms. The van der Waals surface area contributed by atoms with Crippen LogP contribution in [0, 0.1) is 11.3 Å². The van der Waals surface area contributed by atoms with Gasteiger partial charge in [0.05, 0.1) is 19.1 Å². The summed E-state index contributed by atoms with van der Waals surface area (Å²) < 4.78 is 27.6. The number of imidazole rings is 1. The van der Waals surface area contributed by atoms with Crippen LogP contribution in [0.25, 0.3) is 0 Å². The minimum atomic E-state index is -1.17. The lowest BCUT2D eigenvalue weighted by molar-refractivity contribution is -0.198. The number of methoxy groups -OCH3 is 2. The van der Waals surface area contributed by atoms with Crippen LogP contribution in [0.4, 0.5) is 0 Å². The lowest BCUT2D eigenvalue weighted by Gasteiger charge is -2.70. The van der Waals surface area contributed by atoms with Gasteiger partial charge in [-0.15, -0.1) is 0 Å². The number of fused-ring (bicyclic) bond motifs is 1. The van der Waals surface area contributed by atoms with Gasteiger partial charge in [0.25, 0.3) is 5.91 Å². The first kappa shape index (κ1) is 30.7. The molecule has 248 valence electrons. The average molecular weight is 647 g/mol. The molecular weight excluding hydrogens is 597 g/mol. The van der Waals surface area contributed by atoms with E-state index in [1.54, 1.807) is 20.4 Å². The van der Waals surface area contributed by atoms with Crippen LogP contribution in [0.1, 0.15) is 49.1 Å². The molecule has 5 aliphatic carbocycles. The number of rotatable bonds is 12. The van der Waals surface area contributed by atoms with E-state index in [0.717, 1.165) is 80.2 Å². The maximum atomic E-state index is 14.7. The van der Waals surface area contributed by atoms with E-state index in [1.807, 2.05) is 22.7 Å². The summed E-state index contributed by atoms with van der Waals surface area (Å²) in [7, 11) is 4.22. The summed E-state index contributed by atoms with van der Waals surface area (Å²) in [6.45, 7) is 10.8. The maximum Gasteiger partial charge on any atom is 0.252 e. The molecule has 2 saturated carbocycles. The van der Waals surface area contributed by atoms with E-state index in [-0.39, 0.29) is 22.8 Å². The molecule has 2 aliphatic heterocycles. The Hall–Kier alpha value is -2.66. The monoisotopic (exact) mass is 646 g/mol. The van der Waals surface area contributed by atoms with Gasteiger partial charge in [-0.25, -0.2) is 4.98 Å². The number of carbonyl (C=O) groups excluding carboxylic acids is 1. The smallest absolute Gasteiger partial charge is 0.252 e. The summed E-state index contributed by atoms with van der Waals surface area (Å²) in [5, 5.41) is 0. The summed E-state index contributed by atoms with van der Waals surface area (Å²) in [5.41, 5.74) is 2.17. The molecule has 1 amide bonds. The Morgan fingerprint density at radius 3 is 2.74 bits per heavy atom. The zero-order chi connectivity index (χ0) is 32.1. The number of amides is 1. The zero-order valence-electron chi connectivity index (χ0n) is 28.4. The van der Waals surface area contributed by atoms with E-state index in [4.69, 9.17) is 18.9 Å². The van der Waals surface area contributed by atoms with Crippen molar-refractivity contribution >= 4 is 14.0 Å². The number of piperidine rings is 1. The molecule has 5 atom stereocenters.